The van der Waals surface area contributed by atoms with Crippen LogP contribution in [0.5, 0.6) is 0 Å². The van der Waals surface area contributed by atoms with Crippen molar-refractivity contribution in [3.05, 3.63) is 63.6 Å². The Balaban J connectivity index is 2.65. The molecule has 0 aromatic heterocycles. The first-order valence-corrected chi connectivity index (χ1v) is 11.2. The highest BCUT2D eigenvalue weighted by Crippen LogP contribution is 2.30. The zero-order chi connectivity index (χ0) is 25.3. The Kier molecular flexibility index (Phi) is 9.97. The minimum Gasteiger partial charge on any atom is -0.462 e. The number of nitrogens with zero attached hydrogens (tertiary/aromatic N) is 2. The Bertz CT molecular complexity index is 1100. The minimum atomic E-state index is -2.69. The lowest BCUT2D eigenvalue weighted by Gasteiger charge is -2.24. The fourth-order valence-electron chi connectivity index (χ4n) is 2.69. The van der Waals surface area contributed by atoms with E-state index in [1.165, 1.54) is 44.2 Å². The standard InChI is InChI=1S/C22H20Cl3N3O6/c1-3-33-20(31)22(21(32)34-4-2,26-18(29)12-23)28-27-17-10-9-13(24)11-15(17)19(30)14-7-5-6-8-16(14)25/h5-11H,3-4,12H2,1-2H3,(H,26,29). The van der Waals surface area contributed by atoms with E-state index < -0.39 is 35.2 Å². The van der Waals surface area contributed by atoms with Crippen LogP contribution in [0.25, 0.3) is 0 Å². The van der Waals surface area contributed by atoms with Crippen LogP contribution in [0.2, 0.25) is 10.0 Å². The summed E-state index contributed by atoms with van der Waals surface area (Å²) in [6.07, 6.45) is 0. The number of ether oxygens (including phenoxy) is 2. The van der Waals surface area contributed by atoms with Crippen molar-refractivity contribution in [1.29, 1.82) is 0 Å². The molecule has 2 rings (SSSR count). The summed E-state index contributed by atoms with van der Waals surface area (Å²) in [7, 11) is 0. The zero-order valence-corrected chi connectivity index (χ0v) is 20.4. The van der Waals surface area contributed by atoms with Crippen molar-refractivity contribution in [3.63, 3.8) is 0 Å². The first-order chi connectivity index (χ1) is 16.2. The first-order valence-electron chi connectivity index (χ1n) is 9.93. The van der Waals surface area contributed by atoms with Gasteiger partial charge in [-0.2, -0.15) is 5.11 Å². The highest BCUT2D eigenvalue weighted by molar-refractivity contribution is 6.35. The molecule has 2 aromatic rings. The number of halogens is 3. The van der Waals surface area contributed by atoms with Crippen LogP contribution < -0.4 is 5.32 Å². The van der Waals surface area contributed by atoms with Crippen LogP contribution >= 0.6 is 34.8 Å². The zero-order valence-electron chi connectivity index (χ0n) is 18.1. The van der Waals surface area contributed by atoms with Crippen molar-refractivity contribution >= 4 is 64.1 Å². The monoisotopic (exact) mass is 527 g/mol. The summed E-state index contributed by atoms with van der Waals surface area (Å²) in [6, 6.07) is 10.4. The van der Waals surface area contributed by atoms with E-state index in [0.29, 0.717) is 0 Å². The van der Waals surface area contributed by atoms with Crippen molar-refractivity contribution in [2.24, 2.45) is 10.2 Å². The summed E-state index contributed by atoms with van der Waals surface area (Å²) in [4.78, 5) is 50.7. The van der Waals surface area contributed by atoms with Crippen LogP contribution in [0.4, 0.5) is 5.69 Å². The Hall–Kier alpha value is -3.01. The minimum absolute atomic E-state index is 0.0189. The lowest BCUT2D eigenvalue weighted by Crippen LogP contribution is -2.60. The van der Waals surface area contributed by atoms with Gasteiger partial charge in [-0.15, -0.1) is 16.7 Å². The molecular weight excluding hydrogens is 509 g/mol. The number of benzene rings is 2. The Morgan fingerprint density at radius 3 is 2.12 bits per heavy atom. The topological polar surface area (TPSA) is 123 Å². The first kappa shape index (κ1) is 27.2. The molecule has 0 radical (unpaired) electrons. The average molecular weight is 529 g/mol. The number of carbonyl (C=O) groups excluding carboxylic acids is 4. The van der Waals surface area contributed by atoms with Gasteiger partial charge in [0, 0.05) is 10.6 Å². The number of carbonyl (C=O) groups is 4. The van der Waals surface area contributed by atoms with E-state index in [9.17, 15) is 19.2 Å². The number of rotatable bonds is 10. The largest absolute Gasteiger partial charge is 0.462 e. The van der Waals surface area contributed by atoms with Crippen molar-refractivity contribution < 1.29 is 28.7 Å². The summed E-state index contributed by atoms with van der Waals surface area (Å²) in [5.41, 5.74) is -2.61. The third-order valence-electron chi connectivity index (χ3n) is 4.21. The van der Waals surface area contributed by atoms with Gasteiger partial charge in [-0.3, -0.25) is 9.59 Å². The summed E-state index contributed by atoms with van der Waals surface area (Å²) in [5, 5.41) is 10.2. The maximum Gasteiger partial charge on any atom is 0.369 e. The van der Waals surface area contributed by atoms with Crippen LogP contribution in [0.1, 0.15) is 29.8 Å². The molecule has 12 heteroatoms. The van der Waals surface area contributed by atoms with E-state index in [0.717, 1.165) is 0 Å². The van der Waals surface area contributed by atoms with Gasteiger partial charge in [-0.1, -0.05) is 35.3 Å². The number of alkyl halides is 1. The van der Waals surface area contributed by atoms with Gasteiger partial charge < -0.3 is 14.8 Å². The molecule has 180 valence electrons. The van der Waals surface area contributed by atoms with E-state index in [1.807, 2.05) is 0 Å². The molecule has 0 saturated heterocycles. The molecule has 0 aliphatic carbocycles. The number of amides is 1. The number of esters is 2. The van der Waals surface area contributed by atoms with Gasteiger partial charge in [0.2, 0.25) is 5.91 Å². The van der Waals surface area contributed by atoms with Gasteiger partial charge >= 0.3 is 17.6 Å². The molecule has 0 heterocycles. The SMILES string of the molecule is CCOC(=O)C(N=Nc1ccc(Cl)cc1C(=O)c1ccccc1Cl)(NC(=O)CCl)C(=O)OCC. The molecule has 1 N–H and O–H groups in total. The quantitative estimate of drug-likeness (QED) is 0.159. The summed E-state index contributed by atoms with van der Waals surface area (Å²) >= 11 is 17.8. The van der Waals surface area contributed by atoms with Crippen LogP contribution in [0.3, 0.4) is 0 Å². The molecule has 0 atom stereocenters. The van der Waals surface area contributed by atoms with Gasteiger partial charge in [0.05, 0.1) is 29.5 Å². The van der Waals surface area contributed by atoms with Crippen molar-refractivity contribution in [2.45, 2.75) is 19.5 Å². The molecule has 1 amide bonds. The second-order valence-electron chi connectivity index (χ2n) is 6.50. The van der Waals surface area contributed by atoms with Crippen molar-refractivity contribution in [3.8, 4) is 0 Å². The lowest BCUT2D eigenvalue weighted by atomic mass is 10.0. The lowest BCUT2D eigenvalue weighted by molar-refractivity contribution is -0.167. The predicted octanol–water partition coefficient (Wildman–Crippen LogP) is 4.49. The molecule has 0 saturated carbocycles. The number of hydrogen-bond acceptors (Lipinski definition) is 8. The van der Waals surface area contributed by atoms with Crippen LogP contribution in [-0.2, 0) is 23.9 Å². The van der Waals surface area contributed by atoms with Gasteiger partial charge in [0.25, 0.3) is 0 Å². The summed E-state index contributed by atoms with van der Waals surface area (Å²) in [5.74, 6) is -4.53. The highest BCUT2D eigenvalue weighted by atomic mass is 35.5. The number of nitrogens with one attached hydrogen (secondary N) is 1. The smallest absolute Gasteiger partial charge is 0.369 e. The third kappa shape index (κ3) is 6.31. The second kappa shape index (κ2) is 12.5. The Morgan fingerprint density at radius 1 is 0.941 bits per heavy atom. The molecule has 0 fully saturated rings. The van der Waals surface area contributed by atoms with E-state index in [-0.39, 0.29) is 40.1 Å². The van der Waals surface area contributed by atoms with Crippen molar-refractivity contribution in [1.82, 2.24) is 5.32 Å². The average Bonchev–Trinajstić information content (AvgIpc) is 2.82. The maximum atomic E-state index is 13.1. The Morgan fingerprint density at radius 2 is 1.56 bits per heavy atom. The van der Waals surface area contributed by atoms with E-state index in [4.69, 9.17) is 44.3 Å². The third-order valence-corrected chi connectivity index (χ3v) is 5.02. The molecule has 0 aliphatic heterocycles. The van der Waals surface area contributed by atoms with Gasteiger partial charge in [-0.25, -0.2) is 9.59 Å². The summed E-state index contributed by atoms with van der Waals surface area (Å²) < 4.78 is 9.87. The second-order valence-corrected chi connectivity index (χ2v) is 7.61. The highest BCUT2D eigenvalue weighted by Gasteiger charge is 2.52. The summed E-state index contributed by atoms with van der Waals surface area (Å²) in [6.45, 7) is 2.72. The predicted molar refractivity (Wildman–Crippen MR) is 126 cm³/mol. The molecule has 2 aromatic carbocycles. The molecule has 0 unspecified atom stereocenters. The molecule has 0 spiro atoms. The molecule has 9 nitrogen and oxygen atoms in total. The van der Waals surface area contributed by atoms with E-state index in [2.05, 4.69) is 15.5 Å². The molecule has 34 heavy (non-hydrogen) atoms. The Labute approximate surface area is 210 Å². The molecule has 0 bridgehead atoms. The van der Waals surface area contributed by atoms with Crippen LogP contribution in [-0.4, -0.2) is 48.4 Å². The fourth-order valence-corrected chi connectivity index (χ4v) is 3.16. The maximum absolute atomic E-state index is 13.1. The number of hydrogen-bond donors (Lipinski definition) is 1. The van der Waals surface area contributed by atoms with Gasteiger partial charge in [0.1, 0.15) is 5.88 Å². The van der Waals surface area contributed by atoms with Gasteiger partial charge in [0.15, 0.2) is 5.78 Å². The number of ketones is 1. The molecular formula is C22H20Cl3N3O6. The van der Waals surface area contributed by atoms with Crippen LogP contribution in [0.15, 0.2) is 52.7 Å². The fraction of sp³-hybridized carbons (Fsp3) is 0.273. The normalized spacial score (nSPS) is 11.2. The van der Waals surface area contributed by atoms with E-state index in [1.54, 1.807) is 12.1 Å². The van der Waals surface area contributed by atoms with Crippen LogP contribution in [0, 0.1) is 0 Å². The molecule has 0 aliphatic rings. The number of azo groups is 1. The van der Waals surface area contributed by atoms with Crippen molar-refractivity contribution in [2.75, 3.05) is 19.1 Å². The van der Waals surface area contributed by atoms with E-state index >= 15 is 0 Å². The van der Waals surface area contributed by atoms with Gasteiger partial charge in [-0.05, 0) is 44.2 Å².